The van der Waals surface area contributed by atoms with Crippen LogP contribution in [0.15, 0.2) is 17.8 Å². The fourth-order valence-corrected chi connectivity index (χ4v) is 2.08. The number of rotatable bonds is 7. The maximum absolute atomic E-state index is 4.99. The van der Waals surface area contributed by atoms with Crippen LogP contribution >= 0.6 is 11.8 Å². The van der Waals surface area contributed by atoms with Gasteiger partial charge in [-0.15, -0.1) is 16.8 Å². The van der Waals surface area contributed by atoms with E-state index in [-0.39, 0.29) is 0 Å². The van der Waals surface area contributed by atoms with Gasteiger partial charge in [0.2, 0.25) is 0 Å². The van der Waals surface area contributed by atoms with E-state index in [4.69, 9.17) is 4.74 Å². The zero-order chi connectivity index (χ0) is 11.1. The molecule has 0 aromatic carbocycles. The quantitative estimate of drug-likeness (QED) is 0.405. The van der Waals surface area contributed by atoms with Gasteiger partial charge in [-0.25, -0.2) is 0 Å². The molecule has 0 aliphatic rings. The molecule has 0 aliphatic heterocycles. The van der Waals surface area contributed by atoms with Crippen LogP contribution in [0.5, 0.6) is 0 Å². The highest BCUT2D eigenvalue weighted by Gasteiger charge is 2.07. The van der Waals surface area contributed by atoms with Gasteiger partial charge in [-0.2, -0.15) is 0 Å². The minimum Gasteiger partial charge on any atom is -0.385 e. The minimum absolute atomic E-state index is 0.769. The Balaban J connectivity index is 2.48. The Labute approximate surface area is 94.7 Å². The molecule has 0 atom stereocenters. The number of allylic oxidation sites excluding steroid dienone is 1. The van der Waals surface area contributed by atoms with Gasteiger partial charge in [0.1, 0.15) is 5.82 Å². The molecule has 0 N–H and O–H groups in total. The van der Waals surface area contributed by atoms with Gasteiger partial charge in [-0.05, 0) is 13.3 Å². The van der Waals surface area contributed by atoms with Crippen LogP contribution in [-0.4, -0.2) is 34.2 Å². The van der Waals surface area contributed by atoms with Gasteiger partial charge >= 0.3 is 0 Å². The summed E-state index contributed by atoms with van der Waals surface area (Å²) in [5.41, 5.74) is 0. The van der Waals surface area contributed by atoms with E-state index in [1.165, 1.54) is 0 Å². The van der Waals surface area contributed by atoms with Crippen molar-refractivity contribution in [1.82, 2.24) is 14.8 Å². The zero-order valence-electron chi connectivity index (χ0n) is 9.27. The van der Waals surface area contributed by atoms with Gasteiger partial charge in [0.05, 0.1) is 0 Å². The van der Waals surface area contributed by atoms with Gasteiger partial charge in [0, 0.05) is 26.0 Å². The number of thioether (sulfide) groups is 1. The Morgan fingerprint density at radius 3 is 3.00 bits per heavy atom. The molecular formula is C10H17N3OS. The van der Waals surface area contributed by atoms with E-state index in [1.807, 2.05) is 13.0 Å². The Kier molecular flexibility index (Phi) is 5.42. The molecule has 0 saturated carbocycles. The van der Waals surface area contributed by atoms with Gasteiger partial charge < -0.3 is 9.30 Å². The molecule has 0 amide bonds. The first-order chi connectivity index (χ1) is 7.29. The molecule has 0 saturated heterocycles. The van der Waals surface area contributed by atoms with Crippen molar-refractivity contribution >= 4 is 11.8 Å². The number of ether oxygens (including phenoxy) is 1. The third-order valence-electron chi connectivity index (χ3n) is 1.94. The van der Waals surface area contributed by atoms with Crippen molar-refractivity contribution in [3.05, 3.63) is 18.5 Å². The Bertz CT molecular complexity index is 312. The van der Waals surface area contributed by atoms with E-state index in [2.05, 4.69) is 21.3 Å². The highest BCUT2D eigenvalue weighted by molar-refractivity contribution is 7.99. The summed E-state index contributed by atoms with van der Waals surface area (Å²) in [6.07, 6.45) is 2.89. The van der Waals surface area contributed by atoms with Crippen molar-refractivity contribution < 1.29 is 4.74 Å². The van der Waals surface area contributed by atoms with Crippen LogP contribution in [0.2, 0.25) is 0 Å². The van der Waals surface area contributed by atoms with E-state index in [1.54, 1.807) is 18.9 Å². The lowest BCUT2D eigenvalue weighted by atomic mass is 10.5. The molecule has 0 radical (unpaired) electrons. The van der Waals surface area contributed by atoms with E-state index >= 15 is 0 Å². The largest absolute Gasteiger partial charge is 0.385 e. The van der Waals surface area contributed by atoms with Gasteiger partial charge in [0.25, 0.3) is 0 Å². The third kappa shape index (κ3) is 3.68. The molecule has 84 valence electrons. The molecule has 1 aromatic rings. The predicted molar refractivity (Wildman–Crippen MR) is 62.2 cm³/mol. The second-order valence-corrected chi connectivity index (χ2v) is 4.19. The molecule has 0 fully saturated rings. The molecule has 4 nitrogen and oxygen atoms in total. The van der Waals surface area contributed by atoms with Crippen LogP contribution < -0.4 is 0 Å². The van der Waals surface area contributed by atoms with Gasteiger partial charge in [-0.1, -0.05) is 17.8 Å². The van der Waals surface area contributed by atoms with E-state index in [0.717, 1.165) is 36.3 Å². The Morgan fingerprint density at radius 2 is 2.33 bits per heavy atom. The summed E-state index contributed by atoms with van der Waals surface area (Å²) in [5.74, 6) is 1.94. The molecule has 15 heavy (non-hydrogen) atoms. The molecule has 1 rings (SSSR count). The van der Waals surface area contributed by atoms with Crippen molar-refractivity contribution in [2.24, 2.45) is 0 Å². The van der Waals surface area contributed by atoms with Crippen molar-refractivity contribution in [2.45, 2.75) is 25.0 Å². The number of nitrogens with zero attached hydrogens (tertiary/aromatic N) is 3. The van der Waals surface area contributed by atoms with Gasteiger partial charge in [0.15, 0.2) is 5.16 Å². The van der Waals surface area contributed by atoms with E-state index in [9.17, 15) is 0 Å². The maximum Gasteiger partial charge on any atom is 0.191 e. The lowest BCUT2D eigenvalue weighted by Crippen LogP contribution is -2.00. The summed E-state index contributed by atoms with van der Waals surface area (Å²) in [6.45, 7) is 7.24. The van der Waals surface area contributed by atoms with E-state index < -0.39 is 0 Å². The minimum atomic E-state index is 0.769. The van der Waals surface area contributed by atoms with Crippen molar-refractivity contribution in [3.8, 4) is 0 Å². The molecule has 1 heterocycles. The molecule has 1 aromatic heterocycles. The molecule has 5 heteroatoms. The average molecular weight is 227 g/mol. The first kappa shape index (κ1) is 12.3. The van der Waals surface area contributed by atoms with Crippen LogP contribution in [0.25, 0.3) is 0 Å². The second kappa shape index (κ2) is 6.63. The topological polar surface area (TPSA) is 39.9 Å². The van der Waals surface area contributed by atoms with Crippen molar-refractivity contribution in [1.29, 1.82) is 0 Å². The van der Waals surface area contributed by atoms with Crippen molar-refractivity contribution in [3.63, 3.8) is 0 Å². The summed E-state index contributed by atoms with van der Waals surface area (Å²) >= 11 is 1.71. The summed E-state index contributed by atoms with van der Waals surface area (Å²) < 4.78 is 7.05. The molecule has 0 spiro atoms. The Morgan fingerprint density at radius 1 is 1.53 bits per heavy atom. The summed E-state index contributed by atoms with van der Waals surface area (Å²) in [7, 11) is 1.72. The first-order valence-corrected chi connectivity index (χ1v) is 5.90. The molecular weight excluding hydrogens is 210 g/mol. The number of hydrogen-bond donors (Lipinski definition) is 0. The zero-order valence-corrected chi connectivity index (χ0v) is 10.1. The highest BCUT2D eigenvalue weighted by atomic mass is 32.2. The fraction of sp³-hybridized carbons (Fsp3) is 0.600. The lowest BCUT2D eigenvalue weighted by molar-refractivity contribution is 0.200. The molecule has 0 unspecified atom stereocenters. The van der Waals surface area contributed by atoms with Crippen molar-refractivity contribution in [2.75, 3.05) is 19.5 Å². The highest BCUT2D eigenvalue weighted by Crippen LogP contribution is 2.17. The second-order valence-electron chi connectivity index (χ2n) is 3.12. The third-order valence-corrected chi connectivity index (χ3v) is 2.99. The maximum atomic E-state index is 4.99. The standard InChI is InChI=1S/C10H17N3OS/c1-4-6-13-9(2)11-12-10(13)15-8-5-7-14-3/h4H,1,5-8H2,2-3H3. The SMILES string of the molecule is C=CCn1c(C)nnc1SCCCOC. The summed E-state index contributed by atoms with van der Waals surface area (Å²) in [6, 6.07) is 0. The van der Waals surface area contributed by atoms with Crippen LogP contribution in [-0.2, 0) is 11.3 Å². The number of hydrogen-bond acceptors (Lipinski definition) is 4. The monoisotopic (exact) mass is 227 g/mol. The summed E-state index contributed by atoms with van der Waals surface area (Å²) in [5, 5.41) is 9.13. The normalized spacial score (nSPS) is 10.5. The smallest absolute Gasteiger partial charge is 0.191 e. The van der Waals surface area contributed by atoms with Crippen LogP contribution in [0.1, 0.15) is 12.2 Å². The predicted octanol–water partition coefficient (Wildman–Crippen LogP) is 1.90. The fourth-order valence-electron chi connectivity index (χ4n) is 1.17. The van der Waals surface area contributed by atoms with Crippen LogP contribution in [0.3, 0.4) is 0 Å². The lowest BCUT2D eigenvalue weighted by Gasteiger charge is -2.04. The Hall–Kier alpha value is -0.810. The number of aromatic nitrogens is 3. The first-order valence-electron chi connectivity index (χ1n) is 4.92. The van der Waals surface area contributed by atoms with Crippen LogP contribution in [0, 0.1) is 6.92 Å². The summed E-state index contributed by atoms with van der Waals surface area (Å²) in [4.78, 5) is 0. The average Bonchev–Trinajstić information content (AvgIpc) is 2.57. The number of aryl methyl sites for hydroxylation is 1. The van der Waals surface area contributed by atoms with Crippen LogP contribution in [0.4, 0.5) is 0 Å². The molecule has 0 bridgehead atoms. The van der Waals surface area contributed by atoms with Gasteiger partial charge in [-0.3, -0.25) is 0 Å². The molecule has 0 aliphatic carbocycles. The number of methoxy groups -OCH3 is 1. The van der Waals surface area contributed by atoms with E-state index in [0.29, 0.717) is 0 Å².